The molecule has 0 unspecified atom stereocenters. The van der Waals surface area contributed by atoms with Crippen LogP contribution >= 0.6 is 15.9 Å². The van der Waals surface area contributed by atoms with Crippen LogP contribution in [0.5, 0.6) is 0 Å². The van der Waals surface area contributed by atoms with Crippen molar-refractivity contribution in [3.05, 3.63) is 33.9 Å². The van der Waals surface area contributed by atoms with E-state index >= 15 is 0 Å². The number of rotatable bonds is 3. The molecule has 1 aromatic carbocycles. The highest BCUT2D eigenvalue weighted by Gasteiger charge is 2.36. The molecule has 0 aliphatic heterocycles. The van der Waals surface area contributed by atoms with Crippen LogP contribution in [0.3, 0.4) is 0 Å². The van der Waals surface area contributed by atoms with Crippen LogP contribution in [0, 0.1) is 0 Å². The normalized spacial score (nSPS) is 12.3. The Morgan fingerprint density at radius 3 is 2.61 bits per heavy atom. The van der Waals surface area contributed by atoms with Gasteiger partial charge in [0.15, 0.2) is 0 Å². The number of nitrogens with one attached hydrogen (secondary N) is 1. The minimum atomic E-state index is -4.41. The first kappa shape index (κ1) is 13.4. The molecule has 0 spiro atoms. The Bertz CT molecular complexity index is 562. The molecule has 0 bridgehead atoms. The summed E-state index contributed by atoms with van der Waals surface area (Å²) < 4.78 is 39.5. The number of aliphatic hydroxyl groups is 1. The van der Waals surface area contributed by atoms with Crippen molar-refractivity contribution in [2.75, 3.05) is 6.61 Å². The van der Waals surface area contributed by atoms with Gasteiger partial charge in [-0.3, -0.25) is 0 Å². The third-order valence-electron chi connectivity index (χ3n) is 2.74. The zero-order valence-corrected chi connectivity index (χ0v) is 10.9. The summed E-state index contributed by atoms with van der Waals surface area (Å²) in [5.74, 6) is 0. The molecule has 18 heavy (non-hydrogen) atoms. The predicted octanol–water partition coefficient (Wildman–Crippen LogP) is 3.87. The first-order chi connectivity index (χ1) is 8.43. The van der Waals surface area contributed by atoms with E-state index in [1.165, 1.54) is 0 Å². The van der Waals surface area contributed by atoms with Gasteiger partial charge in [0, 0.05) is 22.0 Å². The third kappa shape index (κ3) is 2.54. The summed E-state index contributed by atoms with van der Waals surface area (Å²) in [6.45, 7) is -0.127. The molecule has 1 aromatic heterocycles. The molecular weight excluding hydrogens is 311 g/mol. The van der Waals surface area contributed by atoms with E-state index in [4.69, 9.17) is 5.11 Å². The monoisotopic (exact) mass is 321 g/mol. The number of alkyl halides is 3. The molecule has 2 nitrogen and oxygen atoms in total. The van der Waals surface area contributed by atoms with Crippen molar-refractivity contribution in [2.45, 2.75) is 19.0 Å². The fraction of sp³-hybridized carbons (Fsp3) is 0.333. The van der Waals surface area contributed by atoms with Gasteiger partial charge in [-0.2, -0.15) is 13.2 Å². The van der Waals surface area contributed by atoms with Crippen LogP contribution in [0.2, 0.25) is 0 Å². The van der Waals surface area contributed by atoms with Crippen LogP contribution in [0.25, 0.3) is 10.9 Å². The van der Waals surface area contributed by atoms with Gasteiger partial charge in [-0.05, 0) is 36.6 Å². The standard InChI is InChI=1S/C12H11BrF3NO/c13-7-3-4-10-9(6-7)8(2-1-5-18)11(17-10)12(14,15)16/h3-4,6,17-18H,1-2,5H2. The van der Waals surface area contributed by atoms with E-state index < -0.39 is 11.9 Å². The lowest BCUT2D eigenvalue weighted by atomic mass is 10.1. The third-order valence-corrected chi connectivity index (χ3v) is 3.23. The summed E-state index contributed by atoms with van der Waals surface area (Å²) in [4.78, 5) is 2.41. The summed E-state index contributed by atoms with van der Waals surface area (Å²) >= 11 is 3.25. The molecule has 0 fully saturated rings. The van der Waals surface area contributed by atoms with Crippen molar-refractivity contribution < 1.29 is 18.3 Å². The highest BCUT2D eigenvalue weighted by Crippen LogP contribution is 2.36. The van der Waals surface area contributed by atoms with Crippen molar-refractivity contribution in [3.63, 3.8) is 0 Å². The smallest absolute Gasteiger partial charge is 0.396 e. The predicted molar refractivity (Wildman–Crippen MR) is 66.4 cm³/mol. The molecule has 0 saturated carbocycles. The van der Waals surface area contributed by atoms with Crippen LogP contribution < -0.4 is 0 Å². The van der Waals surface area contributed by atoms with Gasteiger partial charge in [-0.15, -0.1) is 0 Å². The molecule has 1 heterocycles. The Kier molecular flexibility index (Phi) is 3.68. The van der Waals surface area contributed by atoms with E-state index in [2.05, 4.69) is 20.9 Å². The zero-order chi connectivity index (χ0) is 13.3. The van der Waals surface area contributed by atoms with E-state index in [1.807, 2.05) is 0 Å². The van der Waals surface area contributed by atoms with Crippen LogP contribution in [0.1, 0.15) is 17.7 Å². The Morgan fingerprint density at radius 1 is 1.28 bits per heavy atom. The molecule has 0 aliphatic rings. The molecule has 0 radical (unpaired) electrons. The van der Waals surface area contributed by atoms with Gasteiger partial charge in [0.25, 0.3) is 0 Å². The van der Waals surface area contributed by atoms with E-state index in [9.17, 15) is 13.2 Å². The molecular formula is C12H11BrF3NO. The Morgan fingerprint density at radius 2 is 2.00 bits per heavy atom. The van der Waals surface area contributed by atoms with Crippen LogP contribution in [-0.4, -0.2) is 16.7 Å². The summed E-state index contributed by atoms with van der Waals surface area (Å²) in [6, 6.07) is 4.96. The number of aromatic nitrogens is 1. The molecule has 0 aliphatic carbocycles. The molecule has 2 rings (SSSR count). The SMILES string of the molecule is OCCCc1c(C(F)(F)F)[nH]c2ccc(Br)cc12. The number of fused-ring (bicyclic) bond motifs is 1. The topological polar surface area (TPSA) is 36.0 Å². The summed E-state index contributed by atoms with van der Waals surface area (Å²) in [5.41, 5.74) is -0.0460. The van der Waals surface area contributed by atoms with Gasteiger partial charge in [-0.1, -0.05) is 15.9 Å². The fourth-order valence-electron chi connectivity index (χ4n) is 1.98. The van der Waals surface area contributed by atoms with Crippen molar-refractivity contribution in [3.8, 4) is 0 Å². The van der Waals surface area contributed by atoms with E-state index in [0.29, 0.717) is 17.3 Å². The van der Waals surface area contributed by atoms with Gasteiger partial charge < -0.3 is 10.1 Å². The molecule has 0 amide bonds. The van der Waals surface area contributed by atoms with E-state index in [1.54, 1.807) is 18.2 Å². The fourth-order valence-corrected chi connectivity index (χ4v) is 2.34. The van der Waals surface area contributed by atoms with Crippen molar-refractivity contribution in [1.29, 1.82) is 0 Å². The average Bonchev–Trinajstić information content (AvgIpc) is 2.64. The average molecular weight is 322 g/mol. The first-order valence-corrected chi connectivity index (χ1v) is 6.21. The van der Waals surface area contributed by atoms with E-state index in [-0.39, 0.29) is 18.6 Å². The number of H-pyrrole nitrogens is 1. The number of aryl methyl sites for hydroxylation is 1. The first-order valence-electron chi connectivity index (χ1n) is 5.41. The quantitative estimate of drug-likeness (QED) is 0.884. The maximum atomic E-state index is 12.9. The van der Waals surface area contributed by atoms with Gasteiger partial charge in [0.05, 0.1) is 0 Å². The van der Waals surface area contributed by atoms with E-state index in [0.717, 1.165) is 4.47 Å². The summed E-state index contributed by atoms with van der Waals surface area (Å²) in [6.07, 6.45) is -3.90. The highest BCUT2D eigenvalue weighted by molar-refractivity contribution is 9.10. The zero-order valence-electron chi connectivity index (χ0n) is 9.31. The lowest BCUT2D eigenvalue weighted by molar-refractivity contribution is -0.141. The van der Waals surface area contributed by atoms with Crippen molar-refractivity contribution in [2.24, 2.45) is 0 Å². The maximum absolute atomic E-state index is 12.9. The molecule has 2 aromatic rings. The van der Waals surface area contributed by atoms with Gasteiger partial charge in [0.2, 0.25) is 0 Å². The van der Waals surface area contributed by atoms with Gasteiger partial charge >= 0.3 is 6.18 Å². The molecule has 0 saturated heterocycles. The van der Waals surface area contributed by atoms with Crippen molar-refractivity contribution in [1.82, 2.24) is 4.98 Å². The second-order valence-electron chi connectivity index (χ2n) is 3.99. The number of benzene rings is 1. The molecule has 98 valence electrons. The number of halogens is 4. The molecule has 0 atom stereocenters. The number of aromatic amines is 1. The molecule has 2 N–H and O–H groups in total. The largest absolute Gasteiger partial charge is 0.431 e. The number of aliphatic hydroxyl groups excluding tert-OH is 1. The number of hydrogen-bond donors (Lipinski definition) is 2. The van der Waals surface area contributed by atoms with Crippen molar-refractivity contribution >= 4 is 26.8 Å². The van der Waals surface area contributed by atoms with Gasteiger partial charge in [-0.25, -0.2) is 0 Å². The van der Waals surface area contributed by atoms with Crippen LogP contribution in [0.15, 0.2) is 22.7 Å². The lowest BCUT2D eigenvalue weighted by Gasteiger charge is -2.07. The second-order valence-corrected chi connectivity index (χ2v) is 4.91. The Balaban J connectivity index is 2.62. The second kappa shape index (κ2) is 4.93. The summed E-state index contributed by atoms with van der Waals surface area (Å²) in [7, 11) is 0. The number of hydrogen-bond acceptors (Lipinski definition) is 1. The van der Waals surface area contributed by atoms with Crippen LogP contribution in [-0.2, 0) is 12.6 Å². The molecule has 6 heteroatoms. The minimum Gasteiger partial charge on any atom is -0.396 e. The minimum absolute atomic E-state index is 0.127. The van der Waals surface area contributed by atoms with Crippen LogP contribution in [0.4, 0.5) is 13.2 Å². The Hall–Kier alpha value is -1.01. The maximum Gasteiger partial charge on any atom is 0.431 e. The lowest BCUT2D eigenvalue weighted by Crippen LogP contribution is -2.09. The van der Waals surface area contributed by atoms with Gasteiger partial charge in [0.1, 0.15) is 5.69 Å². The highest BCUT2D eigenvalue weighted by atomic mass is 79.9. The Labute approximate surface area is 110 Å². The summed E-state index contributed by atoms with van der Waals surface area (Å²) in [5, 5.41) is 9.33.